The van der Waals surface area contributed by atoms with Gasteiger partial charge < -0.3 is 14.3 Å². The fraction of sp³-hybridized carbons (Fsp3) is 0.241. The van der Waals surface area contributed by atoms with Gasteiger partial charge in [0.25, 0.3) is 5.91 Å². The number of nitrogens with zero attached hydrogens (tertiary/aromatic N) is 3. The maximum absolute atomic E-state index is 13.6. The number of Topliss-reactive ketones (excluding diaryl/α,β-unsaturated/α-hetero) is 1. The average Bonchev–Trinajstić information content (AvgIpc) is 3.67. The Morgan fingerprint density at radius 3 is 2.70 bits per heavy atom. The minimum Gasteiger partial charge on any atom is -0.503 e. The zero-order valence-electron chi connectivity index (χ0n) is 21.8. The van der Waals surface area contributed by atoms with Gasteiger partial charge in [0.05, 0.1) is 18.2 Å². The van der Waals surface area contributed by atoms with Gasteiger partial charge in [0.2, 0.25) is 10.9 Å². The summed E-state index contributed by atoms with van der Waals surface area (Å²) >= 11 is 8.66. The van der Waals surface area contributed by atoms with Crippen LogP contribution < -0.4 is 9.64 Å². The molecule has 1 amide bonds. The molecule has 4 aromatic rings. The molecule has 1 aliphatic heterocycles. The monoisotopic (exact) mass is 595 g/mol. The number of ketones is 1. The number of anilines is 1. The number of carbonyl (C=O) groups is 2. The summed E-state index contributed by atoms with van der Waals surface area (Å²) in [6, 6.07) is 16.9. The number of ether oxygens (including phenoxy) is 1. The average molecular weight is 596 g/mol. The number of aliphatic hydroxyl groups excluding tert-OH is 1. The number of benzene rings is 2. The highest BCUT2D eigenvalue weighted by atomic mass is 35.5. The molecule has 0 radical (unpaired) electrons. The normalized spacial score (nSPS) is 15.2. The van der Waals surface area contributed by atoms with Gasteiger partial charge in [-0.05, 0) is 60.9 Å². The zero-order valence-corrected chi connectivity index (χ0v) is 24.2. The van der Waals surface area contributed by atoms with Crippen LogP contribution in [0.2, 0.25) is 5.02 Å². The van der Waals surface area contributed by atoms with E-state index in [1.807, 2.05) is 30.3 Å². The number of amides is 1. The van der Waals surface area contributed by atoms with E-state index in [1.165, 1.54) is 34.1 Å². The molecule has 0 saturated carbocycles. The SMILES string of the molecule is CCCCOc1cccc(C2C(C(=O)c3ccc(C)o3)=C(O)C(=O)N2c2nnc(SCc3ccc(Cl)cc3)s2)c1. The summed E-state index contributed by atoms with van der Waals surface area (Å²) in [5, 5.41) is 20.5. The Balaban J connectivity index is 1.48. The lowest BCUT2D eigenvalue weighted by atomic mass is 9.95. The predicted molar refractivity (Wildman–Crippen MR) is 155 cm³/mol. The van der Waals surface area contributed by atoms with Gasteiger partial charge in [-0.15, -0.1) is 10.2 Å². The Kier molecular flexibility index (Phi) is 8.58. The molecule has 1 atom stereocenters. The molecule has 0 bridgehead atoms. The summed E-state index contributed by atoms with van der Waals surface area (Å²) in [6.45, 7) is 4.33. The van der Waals surface area contributed by atoms with Crippen molar-refractivity contribution in [3.8, 4) is 5.75 Å². The highest BCUT2D eigenvalue weighted by molar-refractivity contribution is 8.00. The van der Waals surface area contributed by atoms with Gasteiger partial charge in [0.1, 0.15) is 11.5 Å². The maximum Gasteiger partial charge on any atom is 0.296 e. The number of aryl methyl sites for hydroxylation is 1. The number of carbonyl (C=O) groups excluding carboxylic acids is 2. The van der Waals surface area contributed by atoms with Crippen molar-refractivity contribution in [1.82, 2.24) is 10.2 Å². The predicted octanol–water partition coefficient (Wildman–Crippen LogP) is 7.35. The van der Waals surface area contributed by atoms with Gasteiger partial charge >= 0.3 is 0 Å². The van der Waals surface area contributed by atoms with Gasteiger partial charge in [0, 0.05) is 10.8 Å². The Morgan fingerprint density at radius 2 is 1.98 bits per heavy atom. The number of hydrogen-bond donors (Lipinski definition) is 1. The van der Waals surface area contributed by atoms with Gasteiger partial charge in [-0.3, -0.25) is 14.5 Å². The fourth-order valence-corrected chi connectivity index (χ4v) is 6.18. The van der Waals surface area contributed by atoms with Gasteiger partial charge in [-0.1, -0.05) is 72.3 Å². The van der Waals surface area contributed by atoms with Crippen LogP contribution in [0.15, 0.2) is 80.8 Å². The van der Waals surface area contributed by atoms with E-state index in [0.29, 0.717) is 38.8 Å². The summed E-state index contributed by atoms with van der Waals surface area (Å²) in [7, 11) is 0. The van der Waals surface area contributed by atoms with E-state index in [2.05, 4.69) is 17.1 Å². The number of hydrogen-bond acceptors (Lipinski definition) is 9. The third-order valence-corrected chi connectivity index (χ3v) is 8.61. The lowest BCUT2D eigenvalue weighted by Gasteiger charge is -2.24. The first-order valence-electron chi connectivity index (χ1n) is 12.7. The minimum absolute atomic E-state index is 0.0329. The van der Waals surface area contributed by atoms with Crippen molar-refractivity contribution < 1.29 is 23.8 Å². The van der Waals surface area contributed by atoms with Crippen LogP contribution in [-0.2, 0) is 10.5 Å². The summed E-state index contributed by atoms with van der Waals surface area (Å²) in [4.78, 5) is 28.4. The van der Waals surface area contributed by atoms with Crippen LogP contribution >= 0.6 is 34.7 Å². The Labute approximate surface area is 244 Å². The first-order chi connectivity index (χ1) is 19.4. The van der Waals surface area contributed by atoms with Crippen molar-refractivity contribution in [3.05, 3.63) is 99.7 Å². The topological polar surface area (TPSA) is 106 Å². The number of furan rings is 1. The third-order valence-electron chi connectivity index (χ3n) is 6.23. The summed E-state index contributed by atoms with van der Waals surface area (Å²) in [5.74, 6) is -0.158. The minimum atomic E-state index is -0.956. The molecule has 0 fully saturated rings. The number of aliphatic hydroxyl groups is 1. The van der Waals surface area contributed by atoms with E-state index in [4.69, 9.17) is 20.8 Å². The molecule has 0 aliphatic carbocycles. The molecule has 3 heterocycles. The van der Waals surface area contributed by atoms with E-state index < -0.39 is 23.5 Å². The van der Waals surface area contributed by atoms with Crippen molar-refractivity contribution in [2.45, 2.75) is 42.8 Å². The fourth-order valence-electron chi connectivity index (χ4n) is 4.23. The molecule has 1 N–H and O–H groups in total. The molecular formula is C29H26ClN3O5S2. The van der Waals surface area contributed by atoms with Gasteiger partial charge in [-0.2, -0.15) is 0 Å². The molecule has 2 aromatic heterocycles. The maximum atomic E-state index is 13.6. The number of aromatic nitrogens is 2. The van der Waals surface area contributed by atoms with E-state index in [0.717, 1.165) is 18.4 Å². The highest BCUT2D eigenvalue weighted by Crippen LogP contribution is 2.44. The lowest BCUT2D eigenvalue weighted by molar-refractivity contribution is -0.117. The lowest BCUT2D eigenvalue weighted by Crippen LogP contribution is -2.31. The molecular weight excluding hydrogens is 570 g/mol. The van der Waals surface area contributed by atoms with Crippen molar-refractivity contribution in [2.75, 3.05) is 11.5 Å². The summed E-state index contributed by atoms with van der Waals surface area (Å²) in [6.07, 6.45) is 1.87. The molecule has 2 aromatic carbocycles. The summed E-state index contributed by atoms with van der Waals surface area (Å²) < 4.78 is 12.1. The molecule has 8 nitrogen and oxygen atoms in total. The zero-order chi connectivity index (χ0) is 28.2. The molecule has 11 heteroatoms. The van der Waals surface area contributed by atoms with Crippen LogP contribution in [0.4, 0.5) is 5.13 Å². The number of thioether (sulfide) groups is 1. The third kappa shape index (κ3) is 5.94. The van der Waals surface area contributed by atoms with E-state index in [9.17, 15) is 14.7 Å². The first kappa shape index (κ1) is 27.9. The van der Waals surface area contributed by atoms with Crippen LogP contribution in [0.25, 0.3) is 0 Å². The quantitative estimate of drug-likeness (QED) is 0.0830. The molecule has 5 rings (SSSR count). The second-order valence-electron chi connectivity index (χ2n) is 9.12. The first-order valence-corrected chi connectivity index (χ1v) is 14.8. The molecule has 1 unspecified atom stereocenters. The molecule has 1 aliphatic rings. The van der Waals surface area contributed by atoms with Gasteiger partial charge in [-0.25, -0.2) is 0 Å². The van der Waals surface area contributed by atoms with Crippen LogP contribution in [-0.4, -0.2) is 33.6 Å². The molecule has 0 spiro atoms. The second kappa shape index (κ2) is 12.3. The smallest absolute Gasteiger partial charge is 0.296 e. The van der Waals surface area contributed by atoms with E-state index in [1.54, 1.807) is 31.2 Å². The molecule has 206 valence electrons. The van der Waals surface area contributed by atoms with Crippen LogP contribution in [0.3, 0.4) is 0 Å². The number of unbranched alkanes of at least 4 members (excludes halogenated alkanes) is 1. The summed E-state index contributed by atoms with van der Waals surface area (Å²) in [5.41, 5.74) is 1.56. The largest absolute Gasteiger partial charge is 0.503 e. The Morgan fingerprint density at radius 1 is 1.18 bits per heavy atom. The van der Waals surface area contributed by atoms with Crippen molar-refractivity contribution in [1.29, 1.82) is 0 Å². The highest BCUT2D eigenvalue weighted by Gasteiger charge is 2.46. The van der Waals surface area contributed by atoms with Gasteiger partial charge in [0.15, 0.2) is 15.9 Å². The van der Waals surface area contributed by atoms with Crippen LogP contribution in [0, 0.1) is 6.92 Å². The Bertz CT molecular complexity index is 1560. The number of halogens is 1. The van der Waals surface area contributed by atoms with E-state index >= 15 is 0 Å². The van der Waals surface area contributed by atoms with Crippen LogP contribution in [0.5, 0.6) is 5.75 Å². The molecule has 0 saturated heterocycles. The Hall–Kier alpha value is -3.60. The molecule has 40 heavy (non-hydrogen) atoms. The second-order valence-corrected chi connectivity index (χ2v) is 11.7. The van der Waals surface area contributed by atoms with E-state index in [-0.39, 0.29) is 16.5 Å². The van der Waals surface area contributed by atoms with Crippen molar-refractivity contribution in [3.63, 3.8) is 0 Å². The number of rotatable bonds is 11. The van der Waals surface area contributed by atoms with Crippen molar-refractivity contribution >= 4 is 51.5 Å². The van der Waals surface area contributed by atoms with Crippen molar-refractivity contribution in [2.24, 2.45) is 0 Å². The van der Waals surface area contributed by atoms with Crippen LogP contribution in [0.1, 0.15) is 53.2 Å². The standard InChI is InChI=1S/C29H26ClN3O5S2/c1-3-4-14-37-21-7-5-6-19(15-21)24-23(25(34)22-13-8-17(2)38-22)26(35)27(36)33(24)28-31-32-29(40-28)39-16-18-9-11-20(30)12-10-18/h5-13,15,24,35H,3-4,14,16H2,1-2H3.